The number of hydrogen-bond donors (Lipinski definition) is 1. The number of anilines is 1. The molecule has 0 saturated carbocycles. The molecule has 0 spiro atoms. The van der Waals surface area contributed by atoms with E-state index in [4.69, 9.17) is 10.4 Å². The van der Waals surface area contributed by atoms with E-state index in [1.807, 2.05) is 19.0 Å². The van der Waals surface area contributed by atoms with E-state index in [1.54, 1.807) is 6.07 Å². The zero-order chi connectivity index (χ0) is 11.0. The maximum absolute atomic E-state index is 10.4. The third-order valence-corrected chi connectivity index (χ3v) is 2.58. The normalized spacial score (nSPS) is 19.0. The van der Waals surface area contributed by atoms with Crippen LogP contribution < -0.4 is 11.2 Å². The third-order valence-electron chi connectivity index (χ3n) is 2.58. The second kappa shape index (κ2) is 3.54. The molecule has 0 aliphatic carbocycles. The van der Waals surface area contributed by atoms with Crippen LogP contribution in [-0.2, 0) is 4.65 Å². The Labute approximate surface area is 87.5 Å². The van der Waals surface area contributed by atoms with Gasteiger partial charge in [-0.25, -0.2) is 0 Å². The van der Waals surface area contributed by atoms with Gasteiger partial charge in [0.2, 0.25) is 6.54 Å². The van der Waals surface area contributed by atoms with Crippen LogP contribution in [0.2, 0.25) is 6.82 Å². The Bertz CT molecular complexity index is 410. The second-order valence-electron chi connectivity index (χ2n) is 3.67. The number of rotatable bonds is 2. The van der Waals surface area contributed by atoms with Crippen molar-refractivity contribution in [3.05, 3.63) is 33.9 Å². The third kappa shape index (κ3) is 1.80. The highest BCUT2D eigenvalue weighted by Crippen LogP contribution is 2.25. The van der Waals surface area contributed by atoms with Gasteiger partial charge in [-0.15, -0.1) is 0 Å². The van der Waals surface area contributed by atoms with Crippen molar-refractivity contribution in [2.75, 3.05) is 12.3 Å². The summed E-state index contributed by atoms with van der Waals surface area (Å²) in [6.45, 7) is 1.56. The van der Waals surface area contributed by atoms with Crippen molar-refractivity contribution >= 4 is 18.1 Å². The highest BCUT2D eigenvalue weighted by Gasteiger charge is 2.34. The fourth-order valence-electron chi connectivity index (χ4n) is 1.91. The fraction of sp³-hybridized carbons (Fsp3) is 0.333. The summed E-state index contributed by atoms with van der Waals surface area (Å²) >= 11 is 0. The molecule has 0 bridgehead atoms. The van der Waals surface area contributed by atoms with Crippen molar-refractivity contribution in [3.8, 4) is 0 Å². The van der Waals surface area contributed by atoms with Crippen LogP contribution in [0.25, 0.3) is 0 Å². The van der Waals surface area contributed by atoms with Crippen LogP contribution in [0.1, 0.15) is 11.7 Å². The molecule has 1 aromatic carbocycles. The quantitative estimate of drug-likeness (QED) is 0.329. The van der Waals surface area contributed by atoms with Crippen LogP contribution in [0.5, 0.6) is 0 Å². The summed E-state index contributed by atoms with van der Waals surface area (Å²) in [4.78, 5) is 10.1. The van der Waals surface area contributed by atoms with Crippen molar-refractivity contribution in [2.45, 2.75) is 12.9 Å². The maximum Gasteiger partial charge on any atom is 0.325 e. The molecule has 1 aliphatic rings. The molecule has 1 unspecified atom stereocenters. The van der Waals surface area contributed by atoms with Crippen molar-refractivity contribution in [2.24, 2.45) is 0 Å². The first-order valence-electron chi connectivity index (χ1n) is 4.74. The molecule has 1 aliphatic heterocycles. The lowest BCUT2D eigenvalue weighted by atomic mass is 9.64. The van der Waals surface area contributed by atoms with Gasteiger partial charge in [0.1, 0.15) is 6.10 Å². The Kier molecular flexibility index (Phi) is 2.36. The first-order chi connectivity index (χ1) is 7.08. The number of benzene rings is 1. The summed E-state index contributed by atoms with van der Waals surface area (Å²) in [5.74, 6) is 0. The molecule has 0 aromatic heterocycles. The minimum atomic E-state index is -0.439. The van der Waals surface area contributed by atoms with Crippen LogP contribution in [0.15, 0.2) is 18.2 Å². The molecule has 0 radical (unpaired) electrons. The van der Waals surface area contributed by atoms with E-state index >= 15 is 0 Å². The smallest absolute Gasteiger partial charge is 0.325 e. The molecule has 6 heteroatoms. The van der Waals surface area contributed by atoms with Gasteiger partial charge in [0, 0.05) is 10.6 Å². The first-order valence-corrected chi connectivity index (χ1v) is 4.74. The standard InChI is InChI=1S/C9H11BN2O3/c1-10-8-4-6(11)2-3-7(8)9(15-10)5-12(13)14/h2-4,9H,5,11H2,1H3. The van der Waals surface area contributed by atoms with Gasteiger partial charge in [0.25, 0.3) is 0 Å². The number of fused-ring (bicyclic) bond motifs is 1. The molecule has 15 heavy (non-hydrogen) atoms. The van der Waals surface area contributed by atoms with Gasteiger partial charge in [0.05, 0.1) is 0 Å². The van der Waals surface area contributed by atoms with E-state index in [2.05, 4.69) is 0 Å². The molecule has 1 atom stereocenters. The number of nitrogens with two attached hydrogens (primary N) is 1. The Morgan fingerprint density at radius 3 is 3.07 bits per heavy atom. The molecule has 1 heterocycles. The van der Waals surface area contributed by atoms with E-state index < -0.39 is 6.10 Å². The topological polar surface area (TPSA) is 78.4 Å². The summed E-state index contributed by atoms with van der Waals surface area (Å²) in [6.07, 6.45) is -0.439. The van der Waals surface area contributed by atoms with Gasteiger partial charge in [-0.2, -0.15) is 0 Å². The summed E-state index contributed by atoms with van der Waals surface area (Å²) < 4.78 is 5.50. The summed E-state index contributed by atoms with van der Waals surface area (Å²) in [7, 11) is 0. The monoisotopic (exact) mass is 206 g/mol. The number of nitro groups is 1. The summed E-state index contributed by atoms with van der Waals surface area (Å²) in [5, 5.41) is 10.4. The summed E-state index contributed by atoms with van der Waals surface area (Å²) in [6, 6.07) is 5.37. The lowest BCUT2D eigenvalue weighted by Gasteiger charge is -2.06. The maximum atomic E-state index is 10.4. The average Bonchev–Trinajstić information content (AvgIpc) is 2.42. The van der Waals surface area contributed by atoms with Crippen molar-refractivity contribution in [1.82, 2.24) is 0 Å². The van der Waals surface area contributed by atoms with Crippen LogP contribution in [0, 0.1) is 10.1 Å². The minimum absolute atomic E-state index is 0.117. The Hall–Kier alpha value is -1.56. The minimum Gasteiger partial charge on any atom is -0.419 e. The molecule has 2 rings (SSSR count). The van der Waals surface area contributed by atoms with Crippen LogP contribution in [0.3, 0.4) is 0 Å². The number of nitrogen functional groups attached to an aromatic ring is 1. The van der Waals surface area contributed by atoms with Gasteiger partial charge >= 0.3 is 6.92 Å². The second-order valence-corrected chi connectivity index (χ2v) is 3.67. The van der Waals surface area contributed by atoms with Gasteiger partial charge in [-0.1, -0.05) is 12.9 Å². The molecule has 78 valence electrons. The predicted octanol–water partition coefficient (Wildman–Crippen LogP) is 0.445. The number of hydrogen-bond acceptors (Lipinski definition) is 4. The SMILES string of the molecule is CB1OC(C[N+](=O)[O-])c2ccc(N)cc21. The van der Waals surface area contributed by atoms with E-state index in [1.165, 1.54) is 0 Å². The van der Waals surface area contributed by atoms with Gasteiger partial charge in [0.15, 0.2) is 0 Å². The first kappa shape index (κ1) is 9.98. The van der Waals surface area contributed by atoms with Crippen molar-refractivity contribution in [3.63, 3.8) is 0 Å². The van der Waals surface area contributed by atoms with Gasteiger partial charge < -0.3 is 10.4 Å². The molecular formula is C9H11BN2O3. The molecule has 0 saturated heterocycles. The molecule has 0 amide bonds. The van der Waals surface area contributed by atoms with Crippen LogP contribution in [0.4, 0.5) is 5.69 Å². The molecule has 5 nitrogen and oxygen atoms in total. The highest BCUT2D eigenvalue weighted by molar-refractivity contribution is 6.67. The molecular weight excluding hydrogens is 195 g/mol. The van der Waals surface area contributed by atoms with E-state index in [-0.39, 0.29) is 18.4 Å². The average molecular weight is 206 g/mol. The highest BCUT2D eigenvalue weighted by atomic mass is 16.6. The lowest BCUT2D eigenvalue weighted by molar-refractivity contribution is -0.490. The van der Waals surface area contributed by atoms with E-state index in [9.17, 15) is 10.1 Å². The van der Waals surface area contributed by atoms with Crippen molar-refractivity contribution in [1.29, 1.82) is 0 Å². The zero-order valence-electron chi connectivity index (χ0n) is 8.34. The zero-order valence-corrected chi connectivity index (χ0v) is 8.34. The van der Waals surface area contributed by atoms with Gasteiger partial charge in [-0.3, -0.25) is 10.1 Å². The Morgan fingerprint density at radius 2 is 2.40 bits per heavy atom. The van der Waals surface area contributed by atoms with Gasteiger partial charge in [-0.05, 0) is 23.2 Å². The Balaban J connectivity index is 2.33. The fourth-order valence-corrected chi connectivity index (χ4v) is 1.91. The van der Waals surface area contributed by atoms with Crippen molar-refractivity contribution < 1.29 is 9.58 Å². The van der Waals surface area contributed by atoms with Crippen LogP contribution in [-0.4, -0.2) is 18.4 Å². The predicted molar refractivity (Wildman–Crippen MR) is 57.8 cm³/mol. The molecule has 1 aromatic rings. The van der Waals surface area contributed by atoms with E-state index in [0.717, 1.165) is 11.0 Å². The molecule has 2 N–H and O–H groups in total. The lowest BCUT2D eigenvalue weighted by Crippen LogP contribution is -2.24. The van der Waals surface area contributed by atoms with E-state index in [0.29, 0.717) is 5.69 Å². The summed E-state index contributed by atoms with van der Waals surface area (Å²) in [5.41, 5.74) is 8.15. The Morgan fingerprint density at radius 1 is 1.67 bits per heavy atom. The largest absolute Gasteiger partial charge is 0.419 e. The molecule has 0 fully saturated rings. The number of nitrogens with zero attached hydrogens (tertiary/aromatic N) is 1. The van der Waals surface area contributed by atoms with Crippen LogP contribution >= 0.6 is 0 Å².